The van der Waals surface area contributed by atoms with Gasteiger partial charge < -0.3 is 14.8 Å². The highest BCUT2D eigenvalue weighted by Crippen LogP contribution is 2.27. The minimum absolute atomic E-state index is 0.109. The number of rotatable bonds is 5. The Morgan fingerprint density at radius 2 is 2.08 bits per heavy atom. The minimum atomic E-state index is -0.273. The molecule has 1 amide bonds. The van der Waals surface area contributed by atoms with Crippen LogP contribution in [0.1, 0.15) is 16.8 Å². The molecular weight excluding hydrogens is 321 g/mol. The van der Waals surface area contributed by atoms with Crippen molar-refractivity contribution in [3.63, 3.8) is 0 Å². The summed E-state index contributed by atoms with van der Waals surface area (Å²) in [6.45, 7) is 3.77. The van der Waals surface area contributed by atoms with Crippen LogP contribution in [-0.2, 0) is 11.2 Å². The van der Waals surface area contributed by atoms with Crippen molar-refractivity contribution in [2.75, 3.05) is 13.2 Å². The molecule has 0 unspecified atom stereocenters. The van der Waals surface area contributed by atoms with E-state index in [1.165, 1.54) is 6.07 Å². The number of nitrogens with one attached hydrogen (secondary N) is 1. The second-order valence-corrected chi connectivity index (χ2v) is 6.06. The van der Waals surface area contributed by atoms with Crippen LogP contribution in [0.3, 0.4) is 0 Å². The Labute approximate surface area is 145 Å². The van der Waals surface area contributed by atoms with E-state index in [4.69, 9.17) is 5.11 Å². The topological polar surface area (TPSA) is 66.6 Å². The Bertz CT molecular complexity index is 934. The Hall–Kier alpha value is -2.73. The average molecular weight is 341 g/mol. The first-order valence-corrected chi connectivity index (χ1v) is 8.11. The lowest BCUT2D eigenvalue weighted by molar-refractivity contribution is -0.120. The molecule has 6 heteroatoms. The van der Waals surface area contributed by atoms with Crippen LogP contribution in [0, 0.1) is 19.7 Å². The van der Waals surface area contributed by atoms with Crippen LogP contribution in [0.15, 0.2) is 36.5 Å². The van der Waals surface area contributed by atoms with E-state index in [1.807, 2.05) is 29.7 Å². The number of pyridine rings is 1. The molecule has 3 aromatic rings. The van der Waals surface area contributed by atoms with Gasteiger partial charge in [0.1, 0.15) is 11.5 Å². The summed E-state index contributed by atoms with van der Waals surface area (Å²) < 4.78 is 15.5. The van der Waals surface area contributed by atoms with Gasteiger partial charge in [0.2, 0.25) is 5.91 Å². The standard InChI is InChI=1S/C19H20FN3O2/c1-12-3-6-17-22-19(14-4-5-15(20)13(2)9-14)16(23(17)11-12)10-18(25)21-7-8-24/h3-6,9,11,24H,7-8,10H2,1-2H3,(H,21,25). The minimum Gasteiger partial charge on any atom is -0.395 e. The summed E-state index contributed by atoms with van der Waals surface area (Å²) in [4.78, 5) is 16.8. The number of aryl methyl sites for hydroxylation is 2. The maximum Gasteiger partial charge on any atom is 0.226 e. The third kappa shape index (κ3) is 3.53. The van der Waals surface area contributed by atoms with Gasteiger partial charge in [-0.1, -0.05) is 6.07 Å². The van der Waals surface area contributed by atoms with Gasteiger partial charge in [0.15, 0.2) is 0 Å². The number of halogens is 1. The number of fused-ring (bicyclic) bond motifs is 1. The second kappa shape index (κ2) is 7.03. The van der Waals surface area contributed by atoms with Crippen LogP contribution >= 0.6 is 0 Å². The van der Waals surface area contributed by atoms with Crippen LogP contribution in [0.4, 0.5) is 4.39 Å². The van der Waals surface area contributed by atoms with Gasteiger partial charge in [-0.15, -0.1) is 0 Å². The fraction of sp³-hybridized carbons (Fsp3) is 0.263. The predicted molar refractivity (Wildman–Crippen MR) is 93.9 cm³/mol. The van der Waals surface area contributed by atoms with Crippen LogP contribution in [0.2, 0.25) is 0 Å². The molecule has 25 heavy (non-hydrogen) atoms. The number of carbonyl (C=O) groups is 1. The highest BCUT2D eigenvalue weighted by atomic mass is 19.1. The molecule has 2 heterocycles. The van der Waals surface area contributed by atoms with E-state index < -0.39 is 0 Å². The molecule has 5 nitrogen and oxygen atoms in total. The molecule has 2 aromatic heterocycles. The zero-order valence-electron chi connectivity index (χ0n) is 14.2. The van der Waals surface area contributed by atoms with Crippen LogP contribution < -0.4 is 5.32 Å². The number of aliphatic hydroxyl groups excluding tert-OH is 1. The van der Waals surface area contributed by atoms with E-state index in [1.54, 1.807) is 19.1 Å². The van der Waals surface area contributed by atoms with Crippen LogP contribution in [0.5, 0.6) is 0 Å². The number of nitrogens with zero attached hydrogens (tertiary/aromatic N) is 2. The van der Waals surface area contributed by atoms with Gasteiger partial charge in [-0.05, 0) is 49.2 Å². The fourth-order valence-corrected chi connectivity index (χ4v) is 2.80. The number of hydrogen-bond acceptors (Lipinski definition) is 3. The lowest BCUT2D eigenvalue weighted by Crippen LogP contribution is -2.28. The largest absolute Gasteiger partial charge is 0.395 e. The third-order valence-corrected chi connectivity index (χ3v) is 4.06. The number of amides is 1. The van der Waals surface area contributed by atoms with E-state index in [0.29, 0.717) is 11.3 Å². The molecule has 0 atom stereocenters. The van der Waals surface area contributed by atoms with Gasteiger partial charge >= 0.3 is 0 Å². The lowest BCUT2D eigenvalue weighted by atomic mass is 10.1. The number of benzene rings is 1. The van der Waals surface area contributed by atoms with Crippen molar-refractivity contribution in [1.82, 2.24) is 14.7 Å². The monoisotopic (exact) mass is 341 g/mol. The molecule has 0 saturated carbocycles. The molecule has 0 aliphatic carbocycles. The van der Waals surface area contributed by atoms with Crippen LogP contribution in [0.25, 0.3) is 16.9 Å². The zero-order chi connectivity index (χ0) is 18.0. The lowest BCUT2D eigenvalue weighted by Gasteiger charge is -2.08. The first-order chi connectivity index (χ1) is 12.0. The molecule has 2 N–H and O–H groups in total. The number of imidazole rings is 1. The van der Waals surface area contributed by atoms with Crippen molar-refractivity contribution >= 4 is 11.6 Å². The molecule has 3 rings (SSSR count). The molecule has 1 aromatic carbocycles. The number of hydrogen-bond donors (Lipinski definition) is 2. The summed E-state index contributed by atoms with van der Waals surface area (Å²) in [5.41, 5.74) is 4.47. The zero-order valence-corrected chi connectivity index (χ0v) is 14.2. The first kappa shape index (κ1) is 17.1. The Morgan fingerprint density at radius 1 is 1.28 bits per heavy atom. The van der Waals surface area contributed by atoms with Crippen molar-refractivity contribution in [2.45, 2.75) is 20.3 Å². The van der Waals surface area contributed by atoms with Crippen molar-refractivity contribution < 1.29 is 14.3 Å². The smallest absolute Gasteiger partial charge is 0.226 e. The van der Waals surface area contributed by atoms with E-state index in [9.17, 15) is 9.18 Å². The average Bonchev–Trinajstić information content (AvgIpc) is 2.93. The molecule has 0 saturated heterocycles. The molecule has 0 bridgehead atoms. The summed E-state index contributed by atoms with van der Waals surface area (Å²) in [7, 11) is 0. The Kier molecular flexibility index (Phi) is 4.81. The Morgan fingerprint density at radius 3 is 2.80 bits per heavy atom. The van der Waals surface area contributed by atoms with E-state index >= 15 is 0 Å². The predicted octanol–water partition coefficient (Wildman–Crippen LogP) is 2.41. The number of aliphatic hydroxyl groups is 1. The molecular formula is C19H20FN3O2. The van der Waals surface area contributed by atoms with Gasteiger partial charge in [-0.25, -0.2) is 9.37 Å². The number of carbonyl (C=O) groups excluding carboxylic acids is 1. The Balaban J connectivity index is 2.11. The van der Waals surface area contributed by atoms with E-state index in [-0.39, 0.29) is 31.3 Å². The summed E-state index contributed by atoms with van der Waals surface area (Å²) >= 11 is 0. The van der Waals surface area contributed by atoms with Crippen molar-refractivity contribution in [3.05, 3.63) is 59.2 Å². The maximum atomic E-state index is 13.6. The highest BCUT2D eigenvalue weighted by molar-refractivity contribution is 5.81. The third-order valence-electron chi connectivity index (χ3n) is 4.06. The molecule has 0 aliphatic rings. The molecule has 0 radical (unpaired) electrons. The van der Waals surface area contributed by atoms with Crippen molar-refractivity contribution in [3.8, 4) is 11.3 Å². The first-order valence-electron chi connectivity index (χ1n) is 8.11. The fourth-order valence-electron chi connectivity index (χ4n) is 2.80. The maximum absolute atomic E-state index is 13.6. The second-order valence-electron chi connectivity index (χ2n) is 6.06. The van der Waals surface area contributed by atoms with Gasteiger partial charge in [-0.2, -0.15) is 0 Å². The molecule has 0 fully saturated rings. The van der Waals surface area contributed by atoms with Gasteiger partial charge in [0, 0.05) is 18.3 Å². The molecule has 130 valence electrons. The SMILES string of the molecule is Cc1ccc2nc(-c3ccc(F)c(C)c3)c(CC(=O)NCCO)n2c1. The van der Waals surface area contributed by atoms with E-state index in [2.05, 4.69) is 10.3 Å². The quantitative estimate of drug-likeness (QED) is 0.749. The highest BCUT2D eigenvalue weighted by Gasteiger charge is 2.17. The van der Waals surface area contributed by atoms with Crippen LogP contribution in [-0.4, -0.2) is 33.6 Å². The molecule has 0 spiro atoms. The van der Waals surface area contributed by atoms with E-state index in [0.717, 1.165) is 22.5 Å². The summed E-state index contributed by atoms with van der Waals surface area (Å²) in [6, 6.07) is 8.67. The normalized spacial score (nSPS) is 11.0. The van der Waals surface area contributed by atoms with Gasteiger partial charge in [0.05, 0.1) is 24.4 Å². The van der Waals surface area contributed by atoms with Gasteiger partial charge in [0.25, 0.3) is 0 Å². The summed E-state index contributed by atoms with van der Waals surface area (Å²) in [6.07, 6.45) is 2.05. The molecule has 0 aliphatic heterocycles. The summed E-state index contributed by atoms with van der Waals surface area (Å²) in [5.74, 6) is -0.469. The summed E-state index contributed by atoms with van der Waals surface area (Å²) in [5, 5.41) is 11.5. The number of aromatic nitrogens is 2. The van der Waals surface area contributed by atoms with Gasteiger partial charge in [-0.3, -0.25) is 4.79 Å². The van der Waals surface area contributed by atoms with Crippen molar-refractivity contribution in [2.24, 2.45) is 0 Å². The van der Waals surface area contributed by atoms with Crippen molar-refractivity contribution in [1.29, 1.82) is 0 Å².